The van der Waals surface area contributed by atoms with Crippen LogP contribution in [0.3, 0.4) is 0 Å². The number of halogens is 1. The number of carbonyl (C=O) groups is 1. The summed E-state index contributed by atoms with van der Waals surface area (Å²) in [5.41, 5.74) is 1.07. The molecule has 2 unspecified atom stereocenters. The van der Waals surface area contributed by atoms with Gasteiger partial charge in [0, 0.05) is 0 Å². The molecule has 0 radical (unpaired) electrons. The second-order valence-corrected chi connectivity index (χ2v) is 15.2. The maximum atomic E-state index is 11.9. The Morgan fingerprint density at radius 2 is 1.55 bits per heavy atom. The lowest BCUT2D eigenvalue weighted by Crippen LogP contribution is -2.41. The SMILES string of the molecule is CC(Br)C(=O)OC(COCCOCCO[Si](C)(C)C(C)(C)C)COCc1ccccc1. The number of hydrogen-bond donors (Lipinski definition) is 0. The summed E-state index contributed by atoms with van der Waals surface area (Å²) in [5, 5.41) is 0.192. The lowest BCUT2D eigenvalue weighted by atomic mass is 10.2. The van der Waals surface area contributed by atoms with E-state index in [9.17, 15) is 4.79 Å². The summed E-state index contributed by atoms with van der Waals surface area (Å²) in [6.07, 6.45) is -0.474. The van der Waals surface area contributed by atoms with Crippen LogP contribution in [-0.4, -0.2) is 64.9 Å². The molecule has 0 saturated heterocycles. The summed E-state index contributed by atoms with van der Waals surface area (Å²) in [4.78, 5) is 11.5. The lowest BCUT2D eigenvalue weighted by Gasteiger charge is -2.36. The quantitative estimate of drug-likeness (QED) is 0.141. The highest BCUT2D eigenvalue weighted by molar-refractivity contribution is 9.10. The van der Waals surface area contributed by atoms with Gasteiger partial charge in [-0.05, 0) is 30.6 Å². The summed E-state index contributed by atoms with van der Waals surface area (Å²) in [6, 6.07) is 9.86. The number of alkyl halides is 1. The summed E-state index contributed by atoms with van der Waals surface area (Å²) in [6.45, 7) is 15.8. The molecule has 0 N–H and O–H groups in total. The van der Waals surface area contributed by atoms with Gasteiger partial charge in [-0.1, -0.05) is 67.0 Å². The Hall–Kier alpha value is -0.773. The van der Waals surface area contributed by atoms with E-state index in [1.54, 1.807) is 6.92 Å². The molecular formula is C23H39BrO6Si. The minimum atomic E-state index is -1.74. The Morgan fingerprint density at radius 3 is 2.16 bits per heavy atom. The van der Waals surface area contributed by atoms with Gasteiger partial charge >= 0.3 is 5.97 Å². The highest BCUT2D eigenvalue weighted by atomic mass is 79.9. The van der Waals surface area contributed by atoms with Gasteiger partial charge in [-0.2, -0.15) is 0 Å². The molecule has 0 fully saturated rings. The molecule has 0 heterocycles. The highest BCUT2D eigenvalue weighted by Crippen LogP contribution is 2.36. The van der Waals surface area contributed by atoms with Crippen molar-refractivity contribution in [1.82, 2.24) is 0 Å². The molecule has 1 aromatic carbocycles. The second kappa shape index (κ2) is 14.4. The van der Waals surface area contributed by atoms with Crippen LogP contribution >= 0.6 is 15.9 Å². The minimum Gasteiger partial charge on any atom is -0.457 e. The molecule has 1 aromatic rings. The van der Waals surface area contributed by atoms with Crippen molar-refractivity contribution >= 4 is 30.2 Å². The van der Waals surface area contributed by atoms with Crippen LogP contribution in [0.4, 0.5) is 0 Å². The summed E-state index contributed by atoms with van der Waals surface area (Å²) in [5.74, 6) is -0.337. The van der Waals surface area contributed by atoms with Crippen LogP contribution < -0.4 is 0 Å². The average molecular weight is 520 g/mol. The Kier molecular flexibility index (Phi) is 13.1. The van der Waals surface area contributed by atoms with Gasteiger partial charge in [0.15, 0.2) is 8.32 Å². The molecule has 0 spiro atoms. The fraction of sp³-hybridized carbons (Fsp3) is 0.696. The summed E-state index contributed by atoms with van der Waals surface area (Å²) >= 11 is 3.23. The van der Waals surface area contributed by atoms with Crippen molar-refractivity contribution in [3.8, 4) is 0 Å². The van der Waals surface area contributed by atoms with Gasteiger partial charge in [-0.3, -0.25) is 4.79 Å². The first-order valence-corrected chi connectivity index (χ1v) is 14.6. The Labute approximate surface area is 197 Å². The van der Waals surface area contributed by atoms with Gasteiger partial charge in [0.05, 0.1) is 46.2 Å². The van der Waals surface area contributed by atoms with E-state index < -0.39 is 14.4 Å². The normalized spacial score (nSPS) is 14.3. The number of carbonyl (C=O) groups excluding carboxylic acids is 1. The first-order chi connectivity index (χ1) is 14.5. The first kappa shape index (κ1) is 28.3. The second-order valence-electron chi connectivity index (χ2n) is 8.97. The van der Waals surface area contributed by atoms with E-state index in [1.165, 1.54) is 0 Å². The zero-order valence-corrected chi connectivity index (χ0v) is 22.4. The smallest absolute Gasteiger partial charge is 0.319 e. The molecule has 2 atom stereocenters. The van der Waals surface area contributed by atoms with Gasteiger partial charge in [0.2, 0.25) is 0 Å². The van der Waals surface area contributed by atoms with E-state index in [1.807, 2.05) is 30.3 Å². The van der Waals surface area contributed by atoms with Crippen LogP contribution in [0.2, 0.25) is 18.1 Å². The van der Waals surface area contributed by atoms with Gasteiger partial charge in [-0.15, -0.1) is 0 Å². The van der Waals surface area contributed by atoms with Gasteiger partial charge < -0.3 is 23.4 Å². The van der Waals surface area contributed by atoms with E-state index in [0.29, 0.717) is 33.0 Å². The molecule has 6 nitrogen and oxygen atoms in total. The topological polar surface area (TPSA) is 63.2 Å². The standard InChI is InChI=1S/C23H39BrO6Si/c1-19(24)22(25)30-21(18-28-16-20-10-8-7-9-11-20)17-27-13-12-26-14-15-29-31(5,6)23(2,3)4/h7-11,19,21H,12-18H2,1-6H3. The van der Waals surface area contributed by atoms with Crippen molar-refractivity contribution in [3.05, 3.63) is 35.9 Å². The summed E-state index contributed by atoms with van der Waals surface area (Å²) in [7, 11) is -1.74. The van der Waals surface area contributed by atoms with Crippen LogP contribution in [0.1, 0.15) is 33.3 Å². The third-order valence-electron chi connectivity index (χ3n) is 5.20. The molecule has 0 bridgehead atoms. The molecule has 0 aromatic heterocycles. The zero-order chi connectivity index (χ0) is 23.3. The average Bonchev–Trinajstić information content (AvgIpc) is 2.69. The van der Waals surface area contributed by atoms with Crippen LogP contribution in [0, 0.1) is 0 Å². The van der Waals surface area contributed by atoms with E-state index >= 15 is 0 Å². The monoisotopic (exact) mass is 518 g/mol. The summed E-state index contributed by atoms with van der Waals surface area (Å²) < 4.78 is 28.5. The number of ether oxygens (including phenoxy) is 4. The Bertz CT molecular complexity index is 618. The molecule has 0 aliphatic rings. The zero-order valence-electron chi connectivity index (χ0n) is 19.8. The molecule has 0 aliphatic heterocycles. The molecule has 8 heteroatoms. The lowest BCUT2D eigenvalue weighted by molar-refractivity contribution is -0.155. The molecular weight excluding hydrogens is 480 g/mol. The van der Waals surface area contributed by atoms with E-state index in [0.717, 1.165) is 5.56 Å². The van der Waals surface area contributed by atoms with Gasteiger partial charge in [0.1, 0.15) is 10.9 Å². The van der Waals surface area contributed by atoms with Gasteiger partial charge in [-0.25, -0.2) is 0 Å². The van der Waals surface area contributed by atoms with Crippen LogP contribution in [0.5, 0.6) is 0 Å². The van der Waals surface area contributed by atoms with Crippen molar-refractivity contribution in [2.24, 2.45) is 0 Å². The highest BCUT2D eigenvalue weighted by Gasteiger charge is 2.36. The molecule has 31 heavy (non-hydrogen) atoms. The van der Waals surface area contributed by atoms with E-state index in [4.69, 9.17) is 23.4 Å². The van der Waals surface area contributed by atoms with Crippen molar-refractivity contribution in [1.29, 1.82) is 0 Å². The predicted molar refractivity (Wildman–Crippen MR) is 129 cm³/mol. The van der Waals surface area contributed by atoms with Crippen molar-refractivity contribution in [2.45, 2.75) is 63.4 Å². The largest absolute Gasteiger partial charge is 0.457 e. The Morgan fingerprint density at radius 1 is 0.968 bits per heavy atom. The van der Waals surface area contributed by atoms with Gasteiger partial charge in [0.25, 0.3) is 0 Å². The maximum absolute atomic E-state index is 11.9. The van der Waals surface area contributed by atoms with Crippen molar-refractivity contribution in [2.75, 3.05) is 39.6 Å². The molecule has 0 amide bonds. The van der Waals surface area contributed by atoms with Crippen LogP contribution in [0.25, 0.3) is 0 Å². The third kappa shape index (κ3) is 12.2. The molecule has 0 aliphatic carbocycles. The Balaban J connectivity index is 2.26. The molecule has 178 valence electrons. The number of rotatable bonds is 15. The fourth-order valence-electron chi connectivity index (χ4n) is 2.26. The van der Waals surface area contributed by atoms with Crippen LogP contribution in [-0.2, 0) is 34.8 Å². The van der Waals surface area contributed by atoms with E-state index in [2.05, 4.69) is 49.8 Å². The molecule has 1 rings (SSSR count). The maximum Gasteiger partial charge on any atom is 0.319 e. The van der Waals surface area contributed by atoms with Crippen molar-refractivity contribution < 1.29 is 28.2 Å². The fourth-order valence-corrected chi connectivity index (χ4v) is 3.40. The first-order valence-electron chi connectivity index (χ1n) is 10.8. The van der Waals surface area contributed by atoms with E-state index in [-0.39, 0.29) is 29.0 Å². The van der Waals surface area contributed by atoms with Crippen LogP contribution in [0.15, 0.2) is 30.3 Å². The third-order valence-corrected chi connectivity index (χ3v) is 10.1. The number of hydrogen-bond acceptors (Lipinski definition) is 6. The molecule has 0 saturated carbocycles. The number of esters is 1. The van der Waals surface area contributed by atoms with Crippen molar-refractivity contribution in [3.63, 3.8) is 0 Å². The minimum absolute atomic E-state index is 0.192. The number of benzene rings is 1. The predicted octanol–water partition coefficient (Wildman–Crippen LogP) is 4.95.